The molecule has 0 aromatic rings. The van der Waals surface area contributed by atoms with Crippen LogP contribution in [-0.4, -0.2) is 29.4 Å². The third-order valence-corrected chi connectivity index (χ3v) is 2.53. The zero-order valence-corrected chi connectivity index (χ0v) is 8.91. The van der Waals surface area contributed by atoms with Crippen molar-refractivity contribution in [2.24, 2.45) is 0 Å². The van der Waals surface area contributed by atoms with Crippen LogP contribution in [-0.2, 0) is 0 Å². The molecule has 0 fully saturated rings. The Hall–Kier alpha value is 0.0600. The predicted molar refractivity (Wildman–Crippen MR) is 54.0 cm³/mol. The normalized spacial score (nSPS) is 32.4. The maximum atomic E-state index is 13.6. The molecule has 0 radical (unpaired) electrons. The van der Waals surface area contributed by atoms with Crippen LogP contribution in [0.25, 0.3) is 0 Å². The summed E-state index contributed by atoms with van der Waals surface area (Å²) in [6, 6.07) is 0.431. The minimum atomic E-state index is -1.22. The van der Waals surface area contributed by atoms with Gasteiger partial charge in [-0.05, 0) is 26.3 Å². The second kappa shape index (κ2) is 3.85. The average molecular weight is 189 g/mol. The third-order valence-electron chi connectivity index (χ3n) is 2.15. The summed E-state index contributed by atoms with van der Waals surface area (Å²) in [5.74, 6) is 0. The molecule has 70 valence electrons. The van der Waals surface area contributed by atoms with Crippen LogP contribution in [0.5, 0.6) is 0 Å². The smallest absolute Gasteiger partial charge is 0.154 e. The van der Waals surface area contributed by atoms with Crippen LogP contribution in [0.4, 0.5) is 4.39 Å². The van der Waals surface area contributed by atoms with E-state index in [4.69, 9.17) is 0 Å². The molecular formula is C9H17FNP. The van der Waals surface area contributed by atoms with E-state index in [9.17, 15) is 4.39 Å². The van der Waals surface area contributed by atoms with E-state index in [-0.39, 0.29) is 0 Å². The molecule has 1 heterocycles. The molecule has 0 saturated heterocycles. The van der Waals surface area contributed by atoms with Gasteiger partial charge in [0.15, 0.2) is 5.41 Å². The highest BCUT2D eigenvalue weighted by molar-refractivity contribution is 7.19. The second-order valence-corrected chi connectivity index (χ2v) is 4.64. The van der Waals surface area contributed by atoms with Crippen molar-refractivity contribution in [2.75, 3.05) is 13.1 Å². The quantitative estimate of drug-likeness (QED) is 0.451. The molecule has 0 aromatic carbocycles. The molecule has 1 aliphatic rings. The number of rotatable bonds is 1. The van der Waals surface area contributed by atoms with E-state index < -0.39 is 5.41 Å². The number of hydrogen-bond donors (Lipinski definition) is 0. The van der Waals surface area contributed by atoms with E-state index in [1.54, 1.807) is 6.08 Å². The Balaban J connectivity index is 2.61. The van der Waals surface area contributed by atoms with Crippen molar-refractivity contribution < 1.29 is 4.39 Å². The van der Waals surface area contributed by atoms with E-state index in [0.717, 1.165) is 13.0 Å². The first-order chi connectivity index (χ1) is 5.51. The van der Waals surface area contributed by atoms with Crippen molar-refractivity contribution >= 4 is 9.24 Å². The topological polar surface area (TPSA) is 3.24 Å². The van der Waals surface area contributed by atoms with Crippen molar-refractivity contribution in [3.63, 3.8) is 0 Å². The Kier molecular flexibility index (Phi) is 3.25. The first kappa shape index (κ1) is 10.1. The highest BCUT2D eigenvalue weighted by Crippen LogP contribution is 2.26. The molecule has 2 atom stereocenters. The van der Waals surface area contributed by atoms with Gasteiger partial charge in [0, 0.05) is 19.1 Å². The number of nitrogens with zero attached hydrogens (tertiary/aromatic N) is 1. The van der Waals surface area contributed by atoms with E-state index in [0.29, 0.717) is 12.6 Å². The molecule has 0 aromatic heterocycles. The van der Waals surface area contributed by atoms with Gasteiger partial charge in [0.25, 0.3) is 0 Å². The summed E-state index contributed by atoms with van der Waals surface area (Å²) in [4.78, 5) is 2.16. The van der Waals surface area contributed by atoms with Crippen molar-refractivity contribution in [3.05, 3.63) is 12.2 Å². The van der Waals surface area contributed by atoms with Gasteiger partial charge in [0.1, 0.15) is 0 Å². The molecule has 12 heavy (non-hydrogen) atoms. The SMILES string of the molecule is CC(C)N1CCC=CC(F)(P)C1. The number of hydrogen-bond acceptors (Lipinski definition) is 1. The summed E-state index contributed by atoms with van der Waals surface area (Å²) >= 11 is 0. The fourth-order valence-electron chi connectivity index (χ4n) is 1.40. The van der Waals surface area contributed by atoms with Gasteiger partial charge in [0.05, 0.1) is 0 Å². The fourth-order valence-corrected chi connectivity index (χ4v) is 1.77. The van der Waals surface area contributed by atoms with Gasteiger partial charge in [-0.2, -0.15) is 0 Å². The van der Waals surface area contributed by atoms with E-state index in [2.05, 4.69) is 28.0 Å². The lowest BCUT2D eigenvalue weighted by molar-refractivity contribution is 0.172. The van der Waals surface area contributed by atoms with Crippen molar-refractivity contribution in [3.8, 4) is 0 Å². The van der Waals surface area contributed by atoms with Crippen LogP contribution in [0.3, 0.4) is 0 Å². The Morgan fingerprint density at radius 2 is 2.25 bits per heavy atom. The van der Waals surface area contributed by atoms with Crippen LogP contribution in [0.15, 0.2) is 12.2 Å². The number of halogens is 1. The van der Waals surface area contributed by atoms with E-state index >= 15 is 0 Å². The van der Waals surface area contributed by atoms with Gasteiger partial charge in [-0.25, -0.2) is 4.39 Å². The zero-order chi connectivity index (χ0) is 9.19. The summed E-state index contributed by atoms with van der Waals surface area (Å²) in [6.45, 7) is 5.66. The first-order valence-electron chi connectivity index (χ1n) is 4.41. The predicted octanol–water partition coefficient (Wildman–Crippen LogP) is 2.20. The minimum Gasteiger partial charge on any atom is -0.297 e. The maximum absolute atomic E-state index is 13.6. The molecule has 0 spiro atoms. The van der Waals surface area contributed by atoms with E-state index in [1.165, 1.54) is 0 Å². The molecule has 1 rings (SSSR count). The van der Waals surface area contributed by atoms with Crippen LogP contribution >= 0.6 is 9.24 Å². The van der Waals surface area contributed by atoms with Gasteiger partial charge in [-0.3, -0.25) is 4.90 Å². The van der Waals surface area contributed by atoms with Crippen LogP contribution in [0.2, 0.25) is 0 Å². The molecule has 0 bridgehead atoms. The molecule has 0 aliphatic carbocycles. The van der Waals surface area contributed by atoms with Gasteiger partial charge in [-0.15, -0.1) is 0 Å². The third kappa shape index (κ3) is 2.84. The van der Waals surface area contributed by atoms with Crippen molar-refractivity contribution in [1.82, 2.24) is 4.90 Å². The van der Waals surface area contributed by atoms with Gasteiger partial charge in [-0.1, -0.05) is 15.3 Å². The lowest BCUT2D eigenvalue weighted by Crippen LogP contribution is -2.38. The molecule has 1 aliphatic heterocycles. The molecule has 0 saturated carbocycles. The Morgan fingerprint density at radius 1 is 1.58 bits per heavy atom. The lowest BCUT2D eigenvalue weighted by atomic mass is 10.3. The molecule has 3 heteroatoms. The summed E-state index contributed by atoms with van der Waals surface area (Å²) in [5.41, 5.74) is 0. The molecule has 0 N–H and O–H groups in total. The van der Waals surface area contributed by atoms with Crippen molar-refractivity contribution in [1.29, 1.82) is 0 Å². The Labute approximate surface area is 76.2 Å². The average Bonchev–Trinajstić information content (AvgIpc) is 2.10. The summed E-state index contributed by atoms with van der Waals surface area (Å²) < 4.78 is 13.6. The van der Waals surface area contributed by atoms with Crippen molar-refractivity contribution in [2.45, 2.75) is 31.7 Å². The van der Waals surface area contributed by atoms with Gasteiger partial charge >= 0.3 is 0 Å². The van der Waals surface area contributed by atoms with E-state index in [1.807, 2.05) is 6.08 Å². The van der Waals surface area contributed by atoms with Gasteiger partial charge < -0.3 is 0 Å². The van der Waals surface area contributed by atoms with Crippen LogP contribution in [0.1, 0.15) is 20.3 Å². The van der Waals surface area contributed by atoms with Gasteiger partial charge in [0.2, 0.25) is 0 Å². The summed E-state index contributed by atoms with van der Waals surface area (Å²) in [6.07, 6.45) is 4.54. The minimum absolute atomic E-state index is 0.431. The Morgan fingerprint density at radius 3 is 2.83 bits per heavy atom. The monoisotopic (exact) mass is 189 g/mol. The van der Waals surface area contributed by atoms with Crippen LogP contribution in [0, 0.1) is 0 Å². The molecule has 2 unspecified atom stereocenters. The summed E-state index contributed by atoms with van der Waals surface area (Å²) in [5, 5.41) is -1.22. The fraction of sp³-hybridized carbons (Fsp3) is 0.778. The second-order valence-electron chi connectivity index (χ2n) is 3.68. The highest BCUT2D eigenvalue weighted by Gasteiger charge is 2.26. The zero-order valence-electron chi connectivity index (χ0n) is 7.76. The summed E-state index contributed by atoms with van der Waals surface area (Å²) in [7, 11) is 2.27. The Bertz CT molecular complexity index is 177. The highest BCUT2D eigenvalue weighted by atomic mass is 31.0. The largest absolute Gasteiger partial charge is 0.297 e. The van der Waals surface area contributed by atoms with Crippen LogP contribution < -0.4 is 0 Å². The molecular weight excluding hydrogens is 172 g/mol. The molecule has 1 nitrogen and oxygen atoms in total. The maximum Gasteiger partial charge on any atom is 0.154 e. The first-order valence-corrected chi connectivity index (χ1v) is 4.98. The molecule has 0 amide bonds. The standard InChI is InChI=1S/C9H17FNP/c1-8(2)11-6-4-3-5-9(10,12)7-11/h3,5,8H,4,6-7,12H2,1-2H3. The lowest BCUT2D eigenvalue weighted by Gasteiger charge is -2.28. The number of alkyl halides is 1.